The number of benzene rings is 1. The lowest BCUT2D eigenvalue weighted by atomic mass is 9.91. The van der Waals surface area contributed by atoms with Crippen LogP contribution in [0.25, 0.3) is 0 Å². The number of anilines is 1. The average molecular weight is 356 g/mol. The Labute approximate surface area is 143 Å². The quantitative estimate of drug-likeness (QED) is 0.662. The van der Waals surface area contributed by atoms with Gasteiger partial charge in [0.1, 0.15) is 5.60 Å². The molecule has 2 rings (SSSR count). The number of nitrogens with zero attached hydrogens (tertiary/aromatic N) is 2. The third-order valence-electron chi connectivity index (χ3n) is 3.53. The maximum Gasteiger partial charge on any atom is 0.408 e. The summed E-state index contributed by atoms with van der Waals surface area (Å²) in [6.07, 6.45) is -0.918. The van der Waals surface area contributed by atoms with Gasteiger partial charge in [0.2, 0.25) is 12.1 Å². The Hall–Kier alpha value is -2.35. The SMILES string of the molecule is CN1C(=O)[C@](C[N+](=O)[O-])(NC(=O)OC(C)(C)C)c2cc(Cl)ccc21. The Balaban J connectivity index is 2.52. The minimum absolute atomic E-state index is 0.269. The van der Waals surface area contributed by atoms with E-state index in [0.717, 1.165) is 0 Å². The molecule has 0 unspecified atom stereocenters. The molecule has 0 saturated carbocycles. The molecule has 1 aromatic rings. The molecule has 1 aliphatic heterocycles. The molecule has 1 aliphatic rings. The highest BCUT2D eigenvalue weighted by Crippen LogP contribution is 2.41. The van der Waals surface area contributed by atoms with E-state index in [4.69, 9.17) is 16.3 Å². The molecule has 0 saturated heterocycles. The lowest BCUT2D eigenvalue weighted by Crippen LogP contribution is -2.57. The summed E-state index contributed by atoms with van der Waals surface area (Å²) in [7, 11) is 1.48. The standard InChI is InChI=1S/C15H18ClN3O5/c1-14(2,3)24-13(21)17-15(8-19(22)23)10-7-9(16)5-6-11(10)18(4)12(15)20/h5-7H,8H2,1-4H3,(H,17,21)/t15-/m1/s1. The molecule has 130 valence electrons. The molecule has 8 nitrogen and oxygen atoms in total. The molecule has 2 amide bonds. The summed E-state index contributed by atoms with van der Waals surface area (Å²) in [5.41, 5.74) is -1.96. The number of nitro groups is 1. The zero-order valence-corrected chi connectivity index (χ0v) is 14.5. The molecule has 0 radical (unpaired) electrons. The number of halogens is 1. The van der Waals surface area contributed by atoms with Crippen molar-refractivity contribution in [2.24, 2.45) is 0 Å². The summed E-state index contributed by atoms with van der Waals surface area (Å²) >= 11 is 5.98. The maximum atomic E-state index is 12.7. The van der Waals surface area contributed by atoms with Crippen molar-refractivity contribution >= 4 is 29.3 Å². The van der Waals surface area contributed by atoms with Crippen molar-refractivity contribution < 1.29 is 19.2 Å². The molecular weight excluding hydrogens is 338 g/mol. The van der Waals surface area contributed by atoms with Crippen LogP contribution in [0.5, 0.6) is 0 Å². The van der Waals surface area contributed by atoms with Gasteiger partial charge in [-0.2, -0.15) is 0 Å². The van der Waals surface area contributed by atoms with Gasteiger partial charge in [0.15, 0.2) is 0 Å². The molecule has 0 aromatic heterocycles. The van der Waals surface area contributed by atoms with E-state index in [1.165, 1.54) is 18.0 Å². The number of rotatable bonds is 3. The summed E-state index contributed by atoms with van der Waals surface area (Å²) in [6, 6.07) is 4.59. The second-order valence-corrected chi connectivity index (χ2v) is 6.99. The molecule has 0 spiro atoms. The minimum Gasteiger partial charge on any atom is -0.444 e. The second kappa shape index (κ2) is 5.94. The first-order chi connectivity index (χ1) is 11.0. The highest BCUT2D eigenvalue weighted by atomic mass is 35.5. The monoisotopic (exact) mass is 355 g/mol. The van der Waals surface area contributed by atoms with Gasteiger partial charge in [0.05, 0.1) is 0 Å². The number of likely N-dealkylation sites (N-methyl/N-ethyl adjacent to an activating group) is 1. The van der Waals surface area contributed by atoms with Gasteiger partial charge in [-0.25, -0.2) is 4.79 Å². The van der Waals surface area contributed by atoms with Gasteiger partial charge in [-0.15, -0.1) is 0 Å². The number of hydrogen-bond acceptors (Lipinski definition) is 5. The van der Waals surface area contributed by atoms with Crippen LogP contribution < -0.4 is 10.2 Å². The average Bonchev–Trinajstić information content (AvgIpc) is 2.58. The van der Waals surface area contributed by atoms with Crippen LogP contribution in [0, 0.1) is 10.1 Å². The summed E-state index contributed by atoms with van der Waals surface area (Å²) in [5.74, 6) is -0.623. The Bertz CT molecular complexity index is 716. The fourth-order valence-electron chi connectivity index (χ4n) is 2.64. The Morgan fingerprint density at radius 2 is 2.08 bits per heavy atom. The van der Waals surface area contributed by atoms with Crippen LogP contribution in [0.4, 0.5) is 10.5 Å². The summed E-state index contributed by atoms with van der Waals surface area (Å²) in [4.78, 5) is 36.7. The topological polar surface area (TPSA) is 102 Å². The number of ether oxygens (including phenoxy) is 1. The van der Waals surface area contributed by atoms with Gasteiger partial charge >= 0.3 is 6.09 Å². The summed E-state index contributed by atoms with van der Waals surface area (Å²) < 4.78 is 5.16. The highest BCUT2D eigenvalue weighted by Gasteiger charge is 2.55. The van der Waals surface area contributed by atoms with Crippen LogP contribution in [0.1, 0.15) is 26.3 Å². The molecule has 24 heavy (non-hydrogen) atoms. The van der Waals surface area contributed by atoms with E-state index in [2.05, 4.69) is 5.32 Å². The van der Waals surface area contributed by atoms with Crippen molar-refractivity contribution in [3.8, 4) is 0 Å². The summed E-state index contributed by atoms with van der Waals surface area (Å²) in [6.45, 7) is 4.14. The molecule has 1 atom stereocenters. The van der Waals surface area contributed by atoms with Crippen molar-refractivity contribution in [2.75, 3.05) is 18.5 Å². The summed E-state index contributed by atoms with van der Waals surface area (Å²) in [5, 5.41) is 13.9. The molecule has 0 fully saturated rings. The minimum atomic E-state index is -1.86. The first-order valence-electron chi connectivity index (χ1n) is 7.17. The van der Waals surface area contributed by atoms with Gasteiger partial charge in [0, 0.05) is 28.2 Å². The lowest BCUT2D eigenvalue weighted by molar-refractivity contribution is -0.488. The molecular formula is C15H18ClN3O5. The number of hydrogen-bond donors (Lipinski definition) is 1. The van der Waals surface area contributed by atoms with Crippen molar-refractivity contribution in [1.82, 2.24) is 5.32 Å². The van der Waals surface area contributed by atoms with Gasteiger partial charge in [0.25, 0.3) is 5.91 Å². The lowest BCUT2D eigenvalue weighted by Gasteiger charge is -2.27. The third-order valence-corrected chi connectivity index (χ3v) is 3.77. The fourth-order valence-corrected chi connectivity index (χ4v) is 2.81. The van der Waals surface area contributed by atoms with E-state index in [1.54, 1.807) is 32.9 Å². The largest absolute Gasteiger partial charge is 0.444 e. The normalized spacial score (nSPS) is 19.9. The van der Waals surface area contributed by atoms with E-state index in [1.807, 2.05) is 0 Å². The van der Waals surface area contributed by atoms with Crippen LogP contribution in [0.15, 0.2) is 18.2 Å². The van der Waals surface area contributed by atoms with Crippen LogP contribution in [0.3, 0.4) is 0 Å². The van der Waals surface area contributed by atoms with Crippen molar-refractivity contribution in [2.45, 2.75) is 31.9 Å². The molecule has 1 heterocycles. The van der Waals surface area contributed by atoms with Crippen molar-refractivity contribution in [3.05, 3.63) is 38.9 Å². The predicted octanol–water partition coefficient (Wildman–Crippen LogP) is 2.31. The predicted molar refractivity (Wildman–Crippen MR) is 87.8 cm³/mol. The van der Waals surface area contributed by atoms with E-state index in [9.17, 15) is 19.7 Å². The molecule has 0 aliphatic carbocycles. The smallest absolute Gasteiger partial charge is 0.408 e. The van der Waals surface area contributed by atoms with Gasteiger partial charge in [-0.05, 0) is 39.0 Å². The number of carbonyl (C=O) groups excluding carboxylic acids is 2. The second-order valence-electron chi connectivity index (χ2n) is 6.55. The molecule has 1 aromatic carbocycles. The Kier molecular flexibility index (Phi) is 4.45. The van der Waals surface area contributed by atoms with Crippen LogP contribution >= 0.6 is 11.6 Å². The highest BCUT2D eigenvalue weighted by molar-refractivity contribution is 6.31. The zero-order chi connectivity index (χ0) is 18.3. The van der Waals surface area contributed by atoms with Gasteiger partial charge in [-0.3, -0.25) is 20.2 Å². The third kappa shape index (κ3) is 3.28. The zero-order valence-electron chi connectivity index (χ0n) is 13.8. The van der Waals surface area contributed by atoms with Gasteiger partial charge in [-0.1, -0.05) is 11.6 Å². The van der Waals surface area contributed by atoms with E-state index >= 15 is 0 Å². The van der Waals surface area contributed by atoms with E-state index in [-0.39, 0.29) is 5.56 Å². The first-order valence-corrected chi connectivity index (χ1v) is 7.55. The number of carbonyl (C=O) groups is 2. The van der Waals surface area contributed by atoms with Crippen LogP contribution in [-0.2, 0) is 15.1 Å². The van der Waals surface area contributed by atoms with Crippen LogP contribution in [0.2, 0.25) is 5.02 Å². The number of nitrogens with one attached hydrogen (secondary N) is 1. The van der Waals surface area contributed by atoms with Crippen LogP contribution in [-0.4, -0.2) is 36.1 Å². The molecule has 9 heteroatoms. The Morgan fingerprint density at radius 3 is 2.62 bits per heavy atom. The van der Waals surface area contributed by atoms with E-state index < -0.39 is 34.6 Å². The number of fused-ring (bicyclic) bond motifs is 1. The van der Waals surface area contributed by atoms with Gasteiger partial charge < -0.3 is 9.64 Å². The van der Waals surface area contributed by atoms with E-state index in [0.29, 0.717) is 10.7 Å². The van der Waals surface area contributed by atoms with Crippen molar-refractivity contribution in [3.63, 3.8) is 0 Å². The first kappa shape index (κ1) is 18.0. The molecule has 0 bridgehead atoms. The number of alkyl carbamates (subject to hydrolysis) is 1. The Morgan fingerprint density at radius 1 is 1.46 bits per heavy atom. The fraction of sp³-hybridized carbons (Fsp3) is 0.467. The molecule has 1 N–H and O–H groups in total. The number of amides is 2. The van der Waals surface area contributed by atoms with Crippen molar-refractivity contribution in [1.29, 1.82) is 0 Å². The maximum absolute atomic E-state index is 12.7.